The summed E-state index contributed by atoms with van der Waals surface area (Å²) in [6, 6.07) is -0.00738. The molecular weight excluding hydrogens is 895 g/mol. The van der Waals surface area contributed by atoms with Crippen LogP contribution in [0.5, 0.6) is 0 Å². The molecule has 4 heterocycles. The van der Waals surface area contributed by atoms with Gasteiger partial charge in [-0.15, -0.1) is 11.8 Å². The number of primary amides is 1. The zero-order chi connectivity index (χ0) is 48.4. The van der Waals surface area contributed by atoms with E-state index in [1.807, 2.05) is 11.8 Å². The standard InChI is InChI=1S/C42H69N13O9S2/c1-41(2,30(56)13-6-5-9-15-47-32(57)14-8-7-12-29-34-26(21-66-29)50-40(62)52-34)53-25(11-10-16-48-39(45)46)36(59)42(3,4)54-27(37(44)60)20-65-22-33(58)64-18-17-63-24-55-23-49-35-28(55)19-31(43)51-38(35)61/h19,23,25-27,29,34,53-54H,5-18,20-22,24H2,1-4H3,(H2,44,60)(H,47,57)(H3,43,51,61)(H4,45,46,48)(H2,50,52,62)/t25?,26-,27-,29-,34-/m0/s1. The van der Waals surface area contributed by atoms with Gasteiger partial charge in [0.05, 0.1) is 59.4 Å². The molecule has 5 atom stereocenters. The fourth-order valence-corrected chi connectivity index (χ4v) is 10.2. The lowest BCUT2D eigenvalue weighted by molar-refractivity contribution is -0.142. The van der Waals surface area contributed by atoms with Gasteiger partial charge in [-0.2, -0.15) is 11.8 Å². The predicted octanol–water partition coefficient (Wildman–Crippen LogP) is 0.110. The molecule has 2 aliphatic heterocycles. The molecule has 0 radical (unpaired) electrons. The third-order valence-electron chi connectivity index (χ3n) is 11.3. The summed E-state index contributed by atoms with van der Waals surface area (Å²) in [4.78, 5) is 99.4. The number of hydrogen-bond donors (Lipinski definition) is 10. The zero-order valence-corrected chi connectivity index (χ0v) is 40.0. The number of ketones is 2. The average Bonchev–Trinajstić information content (AvgIpc) is 3.94. The highest BCUT2D eigenvalue weighted by Crippen LogP contribution is 2.33. The number of imidazole rings is 1. The van der Waals surface area contributed by atoms with Crippen LogP contribution >= 0.6 is 23.5 Å². The number of anilines is 1. The number of pyridine rings is 1. The zero-order valence-electron chi connectivity index (χ0n) is 38.4. The molecule has 2 fully saturated rings. The first kappa shape index (κ1) is 53.7. The van der Waals surface area contributed by atoms with E-state index < -0.39 is 40.6 Å². The monoisotopic (exact) mass is 963 g/mol. The molecular formula is C42H69N13O9S2. The largest absolute Gasteiger partial charge is 0.463 e. The first-order valence-corrected chi connectivity index (χ1v) is 24.6. The number of guanidine groups is 1. The van der Waals surface area contributed by atoms with E-state index in [2.05, 4.69) is 41.5 Å². The van der Waals surface area contributed by atoms with Gasteiger partial charge < -0.3 is 57.9 Å². The number of nitrogens with zero attached hydrogens (tertiary/aromatic N) is 3. The number of carbonyl (C=O) groups excluding carboxylic acids is 6. The van der Waals surface area contributed by atoms with E-state index in [0.29, 0.717) is 36.6 Å². The fourth-order valence-electron chi connectivity index (χ4n) is 7.79. The van der Waals surface area contributed by atoms with E-state index in [1.54, 1.807) is 38.3 Å². The van der Waals surface area contributed by atoms with Gasteiger partial charge in [0, 0.05) is 48.8 Å². The number of aromatic nitrogens is 3. The number of rotatable bonds is 32. The Morgan fingerprint density at radius 1 is 0.970 bits per heavy atom. The molecule has 0 saturated carbocycles. The number of thioether (sulfide) groups is 2. The van der Waals surface area contributed by atoms with Gasteiger partial charge in [0.1, 0.15) is 19.2 Å². The Morgan fingerprint density at radius 3 is 2.45 bits per heavy atom. The molecule has 24 heteroatoms. The average molecular weight is 964 g/mol. The van der Waals surface area contributed by atoms with Gasteiger partial charge >= 0.3 is 12.0 Å². The van der Waals surface area contributed by atoms with Gasteiger partial charge in [-0.1, -0.05) is 12.8 Å². The summed E-state index contributed by atoms with van der Waals surface area (Å²) in [5.41, 5.74) is 20.4. The van der Waals surface area contributed by atoms with Crippen molar-refractivity contribution in [1.29, 1.82) is 0 Å². The lowest BCUT2D eigenvalue weighted by Crippen LogP contribution is -2.63. The van der Waals surface area contributed by atoms with Crippen LogP contribution in [0.15, 0.2) is 22.2 Å². The number of Topliss-reactive ketones (excluding diaryl/α,β-unsaturated/α-hetero) is 2. The van der Waals surface area contributed by atoms with Crippen LogP contribution in [0.25, 0.3) is 11.0 Å². The van der Waals surface area contributed by atoms with Crippen LogP contribution in [0.2, 0.25) is 0 Å². The maximum absolute atomic E-state index is 14.2. The Morgan fingerprint density at radius 2 is 1.71 bits per heavy atom. The number of amides is 4. The number of nitrogens with one attached hydrogen (secondary N) is 6. The Bertz CT molecular complexity index is 2070. The fraction of sp³-hybridized carbons (Fsp3) is 0.690. The molecule has 0 bridgehead atoms. The quantitative estimate of drug-likeness (QED) is 0.0153. The molecule has 22 nitrogen and oxygen atoms in total. The second-order valence-corrected chi connectivity index (χ2v) is 19.9. The molecule has 1 unspecified atom stereocenters. The number of nitrogens with two attached hydrogens (primary N) is 4. The van der Waals surface area contributed by atoms with Gasteiger partial charge in [0.2, 0.25) is 11.8 Å². The number of ether oxygens (including phenoxy) is 2. The molecule has 14 N–H and O–H groups in total. The van der Waals surface area contributed by atoms with E-state index in [0.717, 1.165) is 49.6 Å². The maximum atomic E-state index is 14.2. The van der Waals surface area contributed by atoms with E-state index in [4.69, 9.17) is 32.4 Å². The van der Waals surface area contributed by atoms with Crippen LogP contribution in [0.3, 0.4) is 0 Å². The minimum atomic E-state index is -1.31. The summed E-state index contributed by atoms with van der Waals surface area (Å²) < 4.78 is 12.4. The topological polar surface area (TPSA) is 348 Å². The molecule has 0 aliphatic carbocycles. The number of aliphatic imine (C=N–C) groups is 1. The minimum Gasteiger partial charge on any atom is -0.463 e. The van der Waals surface area contributed by atoms with Gasteiger partial charge in [-0.25, -0.2) is 9.78 Å². The Hall–Kier alpha value is -4.91. The maximum Gasteiger partial charge on any atom is 0.315 e. The van der Waals surface area contributed by atoms with E-state index >= 15 is 0 Å². The second-order valence-electron chi connectivity index (χ2n) is 17.6. The highest BCUT2D eigenvalue weighted by atomic mass is 32.2. The Balaban J connectivity index is 1.16. The number of urea groups is 1. The third-order valence-corrected chi connectivity index (χ3v) is 13.9. The lowest BCUT2D eigenvalue weighted by Gasteiger charge is -2.36. The summed E-state index contributed by atoms with van der Waals surface area (Å²) in [6.07, 6.45) is 7.56. The SMILES string of the molecule is CC(C)(NC(CCCN=C(N)N)C(=O)C(C)(C)N[C@@H](CSCC(=O)OCCOCn1cnc2c(=O)[nH]c(N)cc21)C(N)=O)C(=O)CCCCCNC(=O)CCCC[C@@H]1SC[C@@H]2NC(=O)N[C@@H]21. The Kier molecular flexibility index (Phi) is 21.0. The van der Waals surface area contributed by atoms with Crippen LogP contribution in [0.4, 0.5) is 10.6 Å². The van der Waals surface area contributed by atoms with Crippen molar-refractivity contribution in [3.05, 3.63) is 22.7 Å². The van der Waals surface area contributed by atoms with Crippen molar-refractivity contribution in [3.8, 4) is 0 Å². The van der Waals surface area contributed by atoms with Crippen molar-refractivity contribution < 1.29 is 38.2 Å². The smallest absolute Gasteiger partial charge is 0.315 e. The minimum absolute atomic E-state index is 0.00271. The second kappa shape index (κ2) is 25.9. The van der Waals surface area contributed by atoms with E-state index in [9.17, 15) is 33.6 Å². The number of esters is 1. The number of aromatic amines is 1. The van der Waals surface area contributed by atoms with Crippen LogP contribution < -0.4 is 55.1 Å². The molecule has 2 aromatic rings. The first-order chi connectivity index (χ1) is 31.3. The molecule has 2 aromatic heterocycles. The summed E-state index contributed by atoms with van der Waals surface area (Å²) in [5, 5.41) is 15.6. The third kappa shape index (κ3) is 17.1. The van der Waals surface area contributed by atoms with Gasteiger partial charge in [-0.3, -0.25) is 44.4 Å². The van der Waals surface area contributed by atoms with E-state index in [-0.39, 0.29) is 104 Å². The number of carbonyl (C=O) groups is 6. The van der Waals surface area contributed by atoms with Gasteiger partial charge in [0.25, 0.3) is 5.56 Å². The predicted molar refractivity (Wildman–Crippen MR) is 256 cm³/mol. The van der Waals surface area contributed by atoms with Crippen molar-refractivity contribution in [2.45, 2.75) is 139 Å². The summed E-state index contributed by atoms with van der Waals surface area (Å²) >= 11 is 2.97. The number of fused-ring (bicyclic) bond motifs is 2. The summed E-state index contributed by atoms with van der Waals surface area (Å²) in [7, 11) is 0. The molecule has 2 saturated heterocycles. The van der Waals surface area contributed by atoms with Crippen LogP contribution in [-0.2, 0) is 40.2 Å². The molecule has 66 heavy (non-hydrogen) atoms. The highest BCUT2D eigenvalue weighted by molar-refractivity contribution is 8.00. The number of nitrogen functional groups attached to an aromatic ring is 1. The normalized spacial score (nSPS) is 17.9. The van der Waals surface area contributed by atoms with Gasteiger partial charge in [-0.05, 0) is 66.2 Å². The highest BCUT2D eigenvalue weighted by Gasteiger charge is 2.43. The van der Waals surface area contributed by atoms with Crippen molar-refractivity contribution in [2.75, 3.05) is 49.3 Å². The van der Waals surface area contributed by atoms with Crippen molar-refractivity contribution in [2.24, 2.45) is 22.2 Å². The number of unbranched alkanes of at least 4 members (excludes halogenated alkanes) is 3. The van der Waals surface area contributed by atoms with Crippen molar-refractivity contribution in [3.63, 3.8) is 0 Å². The van der Waals surface area contributed by atoms with Crippen molar-refractivity contribution >= 4 is 81.7 Å². The molecule has 0 aromatic carbocycles. The Labute approximate surface area is 393 Å². The van der Waals surface area contributed by atoms with Crippen LogP contribution in [-0.4, -0.2) is 140 Å². The lowest BCUT2D eigenvalue weighted by atomic mass is 9.86. The molecule has 4 amide bonds. The molecule has 2 aliphatic rings. The first-order valence-electron chi connectivity index (χ1n) is 22.3. The molecule has 4 rings (SSSR count). The van der Waals surface area contributed by atoms with Crippen LogP contribution in [0.1, 0.15) is 91.9 Å². The number of H-pyrrole nitrogens is 1. The number of hydrogen-bond acceptors (Lipinski definition) is 16. The summed E-state index contributed by atoms with van der Waals surface area (Å²) in [5.74, 6) is -0.690. The van der Waals surface area contributed by atoms with Crippen molar-refractivity contribution in [1.82, 2.24) is 41.1 Å². The van der Waals surface area contributed by atoms with E-state index in [1.165, 1.54) is 6.33 Å². The molecule has 0 spiro atoms. The summed E-state index contributed by atoms with van der Waals surface area (Å²) in [6.45, 7) is 7.54. The molecule has 368 valence electrons. The van der Waals surface area contributed by atoms with Crippen LogP contribution in [0, 0.1) is 0 Å². The van der Waals surface area contributed by atoms with Gasteiger partial charge in [0.15, 0.2) is 23.0 Å².